The average Bonchev–Trinajstić information content (AvgIpc) is 2.82. The number of hydrogen-bond donors (Lipinski definition) is 0. The zero-order chi connectivity index (χ0) is 13.4. The van der Waals surface area contributed by atoms with E-state index in [1.165, 1.54) is 11.1 Å². The molecule has 3 rings (SSSR count). The van der Waals surface area contributed by atoms with Gasteiger partial charge in [-0.15, -0.1) is 0 Å². The second-order valence-corrected chi connectivity index (χ2v) is 4.74. The maximum Gasteiger partial charge on any atom is 0.120 e. The minimum Gasteiger partial charge on any atom is -0.497 e. The fourth-order valence-corrected chi connectivity index (χ4v) is 2.23. The molecule has 2 aromatic carbocycles. The molecule has 0 saturated heterocycles. The van der Waals surface area contributed by atoms with E-state index < -0.39 is 0 Å². The minimum absolute atomic E-state index is 0.850. The SMILES string of the molecule is COc1cccc(-n2cnc3cc(C)c(C)cc32)c1. The highest BCUT2D eigenvalue weighted by Gasteiger charge is 2.07. The van der Waals surface area contributed by atoms with Gasteiger partial charge >= 0.3 is 0 Å². The second-order valence-electron chi connectivity index (χ2n) is 4.74. The van der Waals surface area contributed by atoms with E-state index in [1.54, 1.807) is 7.11 Å². The zero-order valence-corrected chi connectivity index (χ0v) is 11.3. The highest BCUT2D eigenvalue weighted by Crippen LogP contribution is 2.23. The third kappa shape index (κ3) is 1.97. The van der Waals surface area contributed by atoms with E-state index in [0.29, 0.717) is 0 Å². The molecule has 3 aromatic rings. The van der Waals surface area contributed by atoms with E-state index in [2.05, 4.69) is 41.6 Å². The molecule has 0 radical (unpaired) electrons. The summed E-state index contributed by atoms with van der Waals surface area (Å²) < 4.78 is 7.36. The van der Waals surface area contributed by atoms with Gasteiger partial charge in [-0.25, -0.2) is 4.98 Å². The van der Waals surface area contributed by atoms with Gasteiger partial charge in [0.15, 0.2) is 0 Å². The van der Waals surface area contributed by atoms with Crippen LogP contribution in [-0.2, 0) is 0 Å². The molecule has 3 heteroatoms. The van der Waals surface area contributed by atoms with Gasteiger partial charge in [0.05, 0.1) is 23.8 Å². The highest BCUT2D eigenvalue weighted by molar-refractivity contribution is 5.79. The molecule has 1 aromatic heterocycles. The van der Waals surface area contributed by atoms with Crippen LogP contribution >= 0.6 is 0 Å². The Balaban J connectivity index is 2.22. The highest BCUT2D eigenvalue weighted by atomic mass is 16.5. The molecular weight excluding hydrogens is 236 g/mol. The van der Waals surface area contributed by atoms with Crippen molar-refractivity contribution in [3.63, 3.8) is 0 Å². The normalized spacial score (nSPS) is 10.9. The lowest BCUT2D eigenvalue weighted by Gasteiger charge is -2.07. The third-order valence-corrected chi connectivity index (χ3v) is 3.49. The second kappa shape index (κ2) is 4.43. The van der Waals surface area contributed by atoms with E-state index in [9.17, 15) is 0 Å². The van der Waals surface area contributed by atoms with Crippen LogP contribution in [0.15, 0.2) is 42.7 Å². The van der Waals surface area contributed by atoms with Gasteiger partial charge in [-0.1, -0.05) is 6.07 Å². The van der Waals surface area contributed by atoms with E-state index >= 15 is 0 Å². The Morgan fingerprint density at radius 1 is 1.05 bits per heavy atom. The number of aryl methyl sites for hydroxylation is 2. The number of benzene rings is 2. The maximum absolute atomic E-state index is 5.27. The molecule has 0 spiro atoms. The van der Waals surface area contributed by atoms with Gasteiger partial charge in [-0.3, -0.25) is 4.57 Å². The molecule has 96 valence electrons. The average molecular weight is 252 g/mol. The van der Waals surface area contributed by atoms with Crippen molar-refractivity contribution < 1.29 is 4.74 Å². The first-order valence-electron chi connectivity index (χ1n) is 6.28. The summed E-state index contributed by atoms with van der Waals surface area (Å²) in [6.45, 7) is 4.23. The summed E-state index contributed by atoms with van der Waals surface area (Å²) in [5.74, 6) is 0.850. The smallest absolute Gasteiger partial charge is 0.120 e. The quantitative estimate of drug-likeness (QED) is 0.696. The molecule has 0 saturated carbocycles. The zero-order valence-electron chi connectivity index (χ0n) is 11.3. The molecule has 19 heavy (non-hydrogen) atoms. The monoisotopic (exact) mass is 252 g/mol. The Bertz CT molecular complexity index is 744. The lowest BCUT2D eigenvalue weighted by molar-refractivity contribution is 0.414. The topological polar surface area (TPSA) is 27.1 Å². The molecule has 0 bridgehead atoms. The molecule has 3 nitrogen and oxygen atoms in total. The molecule has 0 atom stereocenters. The first kappa shape index (κ1) is 11.8. The number of aromatic nitrogens is 2. The number of rotatable bonds is 2. The van der Waals surface area contributed by atoms with E-state index in [0.717, 1.165) is 22.5 Å². The Labute approximate surface area is 112 Å². The summed E-state index contributed by atoms with van der Waals surface area (Å²) in [7, 11) is 1.68. The van der Waals surface area contributed by atoms with Crippen molar-refractivity contribution in [2.45, 2.75) is 13.8 Å². The lowest BCUT2D eigenvalue weighted by atomic mass is 10.1. The van der Waals surface area contributed by atoms with E-state index in [-0.39, 0.29) is 0 Å². The van der Waals surface area contributed by atoms with E-state index in [1.807, 2.05) is 24.5 Å². The van der Waals surface area contributed by atoms with Gasteiger partial charge < -0.3 is 4.74 Å². The van der Waals surface area contributed by atoms with Gasteiger partial charge in [-0.05, 0) is 49.2 Å². The number of imidazole rings is 1. The molecule has 0 fully saturated rings. The standard InChI is InChI=1S/C16H16N2O/c1-11-7-15-16(8-12(11)2)18(10-17-15)13-5-4-6-14(9-13)19-3/h4-10H,1-3H3. The van der Waals surface area contributed by atoms with Crippen LogP contribution < -0.4 is 4.74 Å². The molecule has 1 heterocycles. The van der Waals surface area contributed by atoms with Crippen molar-refractivity contribution in [3.8, 4) is 11.4 Å². The summed E-state index contributed by atoms with van der Waals surface area (Å²) >= 11 is 0. The molecule has 0 aliphatic rings. The fourth-order valence-electron chi connectivity index (χ4n) is 2.23. The van der Waals surface area contributed by atoms with Crippen molar-refractivity contribution in [1.29, 1.82) is 0 Å². The Morgan fingerprint density at radius 2 is 1.84 bits per heavy atom. The van der Waals surface area contributed by atoms with Crippen LogP contribution in [0.1, 0.15) is 11.1 Å². The number of hydrogen-bond acceptors (Lipinski definition) is 2. The number of methoxy groups -OCH3 is 1. The summed E-state index contributed by atoms with van der Waals surface area (Å²) in [6.07, 6.45) is 1.86. The van der Waals surface area contributed by atoms with Crippen LogP contribution in [0, 0.1) is 13.8 Å². The van der Waals surface area contributed by atoms with Gasteiger partial charge in [0.25, 0.3) is 0 Å². The molecule has 0 amide bonds. The van der Waals surface area contributed by atoms with Crippen molar-refractivity contribution in [1.82, 2.24) is 9.55 Å². The minimum atomic E-state index is 0.850. The molecule has 0 unspecified atom stereocenters. The summed E-state index contributed by atoms with van der Waals surface area (Å²) in [5.41, 5.74) is 5.74. The lowest BCUT2D eigenvalue weighted by Crippen LogP contribution is -1.93. The van der Waals surface area contributed by atoms with Crippen LogP contribution in [0.4, 0.5) is 0 Å². The predicted molar refractivity (Wildman–Crippen MR) is 77.1 cm³/mol. The predicted octanol–water partition coefficient (Wildman–Crippen LogP) is 3.65. The third-order valence-electron chi connectivity index (χ3n) is 3.49. The Kier molecular flexibility index (Phi) is 2.75. The molecule has 0 aliphatic carbocycles. The first-order valence-corrected chi connectivity index (χ1v) is 6.28. The number of fused-ring (bicyclic) bond motifs is 1. The van der Waals surface area contributed by atoms with Gasteiger partial charge in [0.2, 0.25) is 0 Å². The Hall–Kier alpha value is -2.29. The van der Waals surface area contributed by atoms with Crippen LogP contribution in [0.25, 0.3) is 16.7 Å². The van der Waals surface area contributed by atoms with Crippen LogP contribution in [-0.4, -0.2) is 16.7 Å². The largest absolute Gasteiger partial charge is 0.497 e. The molecular formula is C16H16N2O. The van der Waals surface area contributed by atoms with Crippen molar-refractivity contribution in [3.05, 3.63) is 53.9 Å². The maximum atomic E-state index is 5.27. The van der Waals surface area contributed by atoms with Crippen LogP contribution in [0.3, 0.4) is 0 Å². The van der Waals surface area contributed by atoms with Crippen LogP contribution in [0.2, 0.25) is 0 Å². The van der Waals surface area contributed by atoms with Gasteiger partial charge in [-0.2, -0.15) is 0 Å². The number of ether oxygens (including phenoxy) is 1. The first-order chi connectivity index (χ1) is 9.19. The molecule has 0 aliphatic heterocycles. The van der Waals surface area contributed by atoms with E-state index in [4.69, 9.17) is 4.74 Å². The number of nitrogens with zero attached hydrogens (tertiary/aromatic N) is 2. The molecule has 0 N–H and O–H groups in total. The van der Waals surface area contributed by atoms with Crippen molar-refractivity contribution >= 4 is 11.0 Å². The van der Waals surface area contributed by atoms with Gasteiger partial charge in [0, 0.05) is 6.07 Å². The fraction of sp³-hybridized carbons (Fsp3) is 0.188. The van der Waals surface area contributed by atoms with Gasteiger partial charge in [0.1, 0.15) is 12.1 Å². The van der Waals surface area contributed by atoms with Crippen LogP contribution in [0.5, 0.6) is 5.75 Å². The van der Waals surface area contributed by atoms with Crippen molar-refractivity contribution in [2.24, 2.45) is 0 Å². The summed E-state index contributed by atoms with van der Waals surface area (Å²) in [5, 5.41) is 0. The summed E-state index contributed by atoms with van der Waals surface area (Å²) in [4.78, 5) is 4.47. The Morgan fingerprint density at radius 3 is 2.63 bits per heavy atom. The van der Waals surface area contributed by atoms with Crippen molar-refractivity contribution in [2.75, 3.05) is 7.11 Å². The summed E-state index contributed by atoms with van der Waals surface area (Å²) in [6, 6.07) is 12.3.